The maximum atomic E-state index is 12.7. The predicted octanol–water partition coefficient (Wildman–Crippen LogP) is 2.61. The smallest absolute Gasteiger partial charge is 0.227 e. The average molecular weight is 214 g/mol. The molecule has 0 spiro atoms. The number of anilines is 1. The molecule has 0 aromatic heterocycles. The molecule has 1 aromatic carbocycles. The van der Waals surface area contributed by atoms with Crippen LogP contribution in [-0.2, 0) is 4.79 Å². The van der Waals surface area contributed by atoms with Gasteiger partial charge in [-0.1, -0.05) is 11.6 Å². The van der Waals surface area contributed by atoms with Crippen LogP contribution in [0.2, 0.25) is 5.02 Å². The van der Waals surface area contributed by atoms with Crippen molar-refractivity contribution >= 4 is 23.2 Å². The second kappa shape index (κ2) is 3.58. The second-order valence-electron chi connectivity index (χ2n) is 3.24. The topological polar surface area (TPSA) is 20.3 Å². The summed E-state index contributed by atoms with van der Waals surface area (Å²) in [5.74, 6) is -0.330. The van der Waals surface area contributed by atoms with Gasteiger partial charge in [-0.3, -0.25) is 4.79 Å². The van der Waals surface area contributed by atoms with Crippen molar-refractivity contribution in [2.24, 2.45) is 0 Å². The summed E-state index contributed by atoms with van der Waals surface area (Å²) < 4.78 is 12.7. The highest BCUT2D eigenvalue weighted by molar-refractivity contribution is 6.33. The fourth-order valence-corrected chi connectivity index (χ4v) is 1.87. The van der Waals surface area contributed by atoms with Crippen molar-refractivity contribution in [3.63, 3.8) is 0 Å². The van der Waals surface area contributed by atoms with Gasteiger partial charge in [0.25, 0.3) is 0 Å². The van der Waals surface area contributed by atoms with E-state index < -0.39 is 0 Å². The Labute approximate surface area is 86.3 Å². The van der Waals surface area contributed by atoms with Crippen LogP contribution in [0.4, 0.5) is 10.1 Å². The number of carbonyl (C=O) groups is 1. The first-order valence-corrected chi connectivity index (χ1v) is 4.82. The summed E-state index contributed by atoms with van der Waals surface area (Å²) in [4.78, 5) is 13.0. The summed E-state index contributed by atoms with van der Waals surface area (Å²) in [7, 11) is 0. The number of hydrogen-bond acceptors (Lipinski definition) is 1. The molecule has 0 saturated carbocycles. The highest BCUT2D eigenvalue weighted by atomic mass is 35.5. The number of benzene rings is 1. The molecule has 14 heavy (non-hydrogen) atoms. The van der Waals surface area contributed by atoms with Crippen molar-refractivity contribution in [1.29, 1.82) is 0 Å². The van der Waals surface area contributed by atoms with Crippen LogP contribution in [0.1, 0.15) is 12.8 Å². The number of amides is 1. The standard InChI is InChI=1S/C10H9ClFNO/c11-8-6-7(12)3-4-9(8)13-5-1-2-10(13)14/h3-4,6H,1-2,5H2. The molecule has 2 rings (SSSR count). The highest BCUT2D eigenvalue weighted by Gasteiger charge is 2.23. The van der Waals surface area contributed by atoms with Gasteiger partial charge in [0.05, 0.1) is 10.7 Å². The summed E-state index contributed by atoms with van der Waals surface area (Å²) in [5.41, 5.74) is 0.607. The Hall–Kier alpha value is -1.09. The molecule has 1 aliphatic rings. The van der Waals surface area contributed by atoms with E-state index >= 15 is 0 Å². The molecular formula is C10H9ClFNO. The lowest BCUT2D eigenvalue weighted by Crippen LogP contribution is -2.23. The first-order chi connectivity index (χ1) is 6.68. The van der Waals surface area contributed by atoms with E-state index in [0.29, 0.717) is 23.7 Å². The molecule has 1 saturated heterocycles. The van der Waals surface area contributed by atoms with Crippen LogP contribution in [0, 0.1) is 5.82 Å². The first kappa shape index (κ1) is 9.46. The summed E-state index contributed by atoms with van der Waals surface area (Å²) >= 11 is 5.84. The third-order valence-electron chi connectivity index (χ3n) is 2.27. The fourth-order valence-electron chi connectivity index (χ4n) is 1.60. The molecule has 0 bridgehead atoms. The molecule has 0 N–H and O–H groups in total. The Kier molecular flexibility index (Phi) is 2.42. The number of halogens is 2. The monoisotopic (exact) mass is 213 g/mol. The summed E-state index contributed by atoms with van der Waals surface area (Å²) in [5, 5.41) is 0.292. The number of carbonyl (C=O) groups excluding carboxylic acids is 1. The third-order valence-corrected chi connectivity index (χ3v) is 2.58. The van der Waals surface area contributed by atoms with Crippen molar-refractivity contribution in [1.82, 2.24) is 0 Å². The lowest BCUT2D eigenvalue weighted by Gasteiger charge is -2.16. The highest BCUT2D eigenvalue weighted by Crippen LogP contribution is 2.29. The zero-order chi connectivity index (χ0) is 10.1. The second-order valence-corrected chi connectivity index (χ2v) is 3.65. The molecule has 74 valence electrons. The van der Waals surface area contributed by atoms with Crippen molar-refractivity contribution in [3.05, 3.63) is 29.0 Å². The van der Waals surface area contributed by atoms with E-state index in [1.54, 1.807) is 11.0 Å². The minimum absolute atomic E-state index is 0.0542. The Bertz CT molecular complexity index is 380. The van der Waals surface area contributed by atoms with Crippen LogP contribution < -0.4 is 4.90 Å². The van der Waals surface area contributed by atoms with Gasteiger partial charge in [0.2, 0.25) is 5.91 Å². The van der Waals surface area contributed by atoms with E-state index in [0.717, 1.165) is 6.42 Å². The van der Waals surface area contributed by atoms with Crippen molar-refractivity contribution < 1.29 is 9.18 Å². The molecule has 0 atom stereocenters. The Balaban J connectivity index is 2.36. The van der Waals surface area contributed by atoms with Crippen molar-refractivity contribution in [3.8, 4) is 0 Å². The molecule has 1 heterocycles. The van der Waals surface area contributed by atoms with Crippen molar-refractivity contribution in [2.45, 2.75) is 12.8 Å². The van der Waals surface area contributed by atoms with Gasteiger partial charge in [-0.05, 0) is 24.6 Å². The van der Waals surface area contributed by atoms with Crippen molar-refractivity contribution in [2.75, 3.05) is 11.4 Å². The van der Waals surface area contributed by atoms with E-state index in [9.17, 15) is 9.18 Å². The number of nitrogens with zero attached hydrogens (tertiary/aromatic N) is 1. The van der Waals surface area contributed by atoms with Gasteiger partial charge in [-0.2, -0.15) is 0 Å². The molecule has 2 nitrogen and oxygen atoms in total. The molecule has 1 aromatic rings. The lowest BCUT2D eigenvalue weighted by atomic mass is 10.3. The molecule has 0 radical (unpaired) electrons. The minimum Gasteiger partial charge on any atom is -0.311 e. The molecule has 1 fully saturated rings. The third kappa shape index (κ3) is 1.60. The SMILES string of the molecule is O=C1CCCN1c1ccc(F)cc1Cl. The Morgan fingerprint density at radius 1 is 1.43 bits per heavy atom. The van der Waals surface area contributed by atoms with Gasteiger partial charge in [0.1, 0.15) is 5.82 Å². The number of hydrogen-bond donors (Lipinski definition) is 0. The first-order valence-electron chi connectivity index (χ1n) is 4.44. The van der Waals surface area contributed by atoms with Gasteiger partial charge in [0.15, 0.2) is 0 Å². The van der Waals surface area contributed by atoms with Gasteiger partial charge in [0, 0.05) is 13.0 Å². The molecule has 1 aliphatic heterocycles. The fraction of sp³-hybridized carbons (Fsp3) is 0.300. The van der Waals surface area contributed by atoms with E-state index in [-0.39, 0.29) is 11.7 Å². The molecular weight excluding hydrogens is 205 g/mol. The van der Waals surface area contributed by atoms with E-state index in [2.05, 4.69) is 0 Å². The average Bonchev–Trinajstić information content (AvgIpc) is 2.52. The summed E-state index contributed by atoms with van der Waals surface area (Å²) in [6.07, 6.45) is 1.39. The predicted molar refractivity (Wildman–Crippen MR) is 53.0 cm³/mol. The van der Waals surface area contributed by atoms with Gasteiger partial charge in [-0.15, -0.1) is 0 Å². The molecule has 1 amide bonds. The molecule has 0 aliphatic carbocycles. The van der Waals surface area contributed by atoms with Crippen LogP contribution in [0.25, 0.3) is 0 Å². The van der Waals surface area contributed by atoms with Gasteiger partial charge < -0.3 is 4.90 Å². The number of rotatable bonds is 1. The van der Waals surface area contributed by atoms with Crippen LogP contribution in [-0.4, -0.2) is 12.5 Å². The van der Waals surface area contributed by atoms with E-state index in [4.69, 9.17) is 11.6 Å². The molecule has 0 unspecified atom stereocenters. The quantitative estimate of drug-likeness (QED) is 0.702. The van der Waals surface area contributed by atoms with Crippen LogP contribution in [0.5, 0.6) is 0 Å². The maximum Gasteiger partial charge on any atom is 0.227 e. The lowest BCUT2D eigenvalue weighted by molar-refractivity contribution is -0.117. The summed E-state index contributed by atoms with van der Waals surface area (Å²) in [6.45, 7) is 0.671. The summed E-state index contributed by atoms with van der Waals surface area (Å²) in [6, 6.07) is 4.08. The van der Waals surface area contributed by atoms with Gasteiger partial charge in [-0.25, -0.2) is 4.39 Å². The van der Waals surface area contributed by atoms with Crippen LogP contribution >= 0.6 is 11.6 Å². The van der Waals surface area contributed by atoms with Gasteiger partial charge >= 0.3 is 0 Å². The Morgan fingerprint density at radius 2 is 2.21 bits per heavy atom. The molecule has 4 heteroatoms. The van der Waals surface area contributed by atoms with E-state index in [1.807, 2.05) is 0 Å². The van der Waals surface area contributed by atoms with Crippen LogP contribution in [0.3, 0.4) is 0 Å². The Morgan fingerprint density at radius 3 is 2.79 bits per heavy atom. The minimum atomic E-state index is -0.384. The normalized spacial score (nSPS) is 16.4. The zero-order valence-electron chi connectivity index (χ0n) is 7.46. The maximum absolute atomic E-state index is 12.7. The zero-order valence-corrected chi connectivity index (χ0v) is 8.22. The largest absolute Gasteiger partial charge is 0.311 e. The van der Waals surface area contributed by atoms with E-state index in [1.165, 1.54) is 12.1 Å². The van der Waals surface area contributed by atoms with Crippen LogP contribution in [0.15, 0.2) is 18.2 Å².